The Balaban J connectivity index is 1.28. The molecule has 2 atom stereocenters. The summed E-state index contributed by atoms with van der Waals surface area (Å²) < 4.78 is 31.8. The number of aromatic nitrogens is 1. The first-order chi connectivity index (χ1) is 18.4. The fourth-order valence-corrected chi connectivity index (χ4v) is 5.43. The van der Waals surface area contributed by atoms with Gasteiger partial charge in [-0.1, -0.05) is 6.07 Å². The largest absolute Gasteiger partial charge is 0.496 e. The minimum atomic E-state index is -0.497. The number of methoxy groups -OCH3 is 1. The molecule has 8 heteroatoms. The van der Waals surface area contributed by atoms with Crippen molar-refractivity contribution in [3.05, 3.63) is 52.5 Å². The van der Waals surface area contributed by atoms with E-state index in [0.717, 1.165) is 74.4 Å². The van der Waals surface area contributed by atoms with Gasteiger partial charge in [-0.25, -0.2) is 9.37 Å². The molecule has 0 aliphatic carbocycles. The second kappa shape index (κ2) is 13.5. The number of rotatable bonds is 13. The number of fused-ring (bicyclic) bond motifs is 1. The van der Waals surface area contributed by atoms with Gasteiger partial charge in [0.1, 0.15) is 17.4 Å². The predicted molar refractivity (Wildman–Crippen MR) is 146 cm³/mol. The van der Waals surface area contributed by atoms with Crippen LogP contribution in [0.25, 0.3) is 0 Å². The van der Waals surface area contributed by atoms with E-state index in [0.29, 0.717) is 25.3 Å². The zero-order valence-corrected chi connectivity index (χ0v) is 23.2. The average Bonchev–Trinajstić information content (AvgIpc) is 3.35. The lowest BCUT2D eigenvalue weighted by Gasteiger charge is -2.28. The van der Waals surface area contributed by atoms with Gasteiger partial charge in [0, 0.05) is 43.6 Å². The number of nitrogens with one attached hydrogen (secondary N) is 1. The van der Waals surface area contributed by atoms with Gasteiger partial charge >= 0.3 is 0 Å². The molecule has 1 unspecified atom stereocenters. The van der Waals surface area contributed by atoms with Gasteiger partial charge in [-0.2, -0.15) is 0 Å². The molecule has 2 aromatic rings. The Morgan fingerprint density at radius 3 is 2.87 bits per heavy atom. The number of ketones is 1. The van der Waals surface area contributed by atoms with Crippen molar-refractivity contribution >= 4 is 11.6 Å². The zero-order valence-electron chi connectivity index (χ0n) is 23.2. The molecule has 208 valence electrons. The van der Waals surface area contributed by atoms with Crippen LogP contribution in [0.5, 0.6) is 5.75 Å². The van der Waals surface area contributed by atoms with E-state index in [1.165, 1.54) is 17.7 Å². The van der Waals surface area contributed by atoms with E-state index in [-0.39, 0.29) is 23.8 Å². The van der Waals surface area contributed by atoms with Crippen LogP contribution in [0.15, 0.2) is 24.3 Å². The van der Waals surface area contributed by atoms with Crippen LogP contribution >= 0.6 is 0 Å². The monoisotopic (exact) mass is 527 g/mol. The third-order valence-corrected chi connectivity index (χ3v) is 7.33. The third-order valence-electron chi connectivity index (χ3n) is 7.33. The number of benzene rings is 1. The van der Waals surface area contributed by atoms with Crippen molar-refractivity contribution in [2.45, 2.75) is 84.2 Å². The molecule has 0 spiro atoms. The summed E-state index contributed by atoms with van der Waals surface area (Å²) in [7, 11) is 1.72. The SMILES string of the molecule is COc1cc(CCCCO[C@@H]2CCN(C(C(C)=O)c3cc(F)ccc3COC(C)C)C2)nc2c1CCCN2. The minimum absolute atomic E-state index is 0.00418. The molecule has 2 aliphatic rings. The molecule has 0 amide bonds. The Morgan fingerprint density at radius 2 is 2.11 bits per heavy atom. The van der Waals surface area contributed by atoms with E-state index in [4.69, 9.17) is 19.2 Å². The molecule has 7 nitrogen and oxygen atoms in total. The summed E-state index contributed by atoms with van der Waals surface area (Å²) in [5, 5.41) is 3.40. The van der Waals surface area contributed by atoms with Crippen molar-refractivity contribution in [2.24, 2.45) is 0 Å². The van der Waals surface area contributed by atoms with Crippen molar-refractivity contribution in [1.82, 2.24) is 9.88 Å². The Hall–Kier alpha value is -2.55. The molecular formula is C30H42FN3O4. The topological polar surface area (TPSA) is 72.9 Å². The number of hydrogen-bond donors (Lipinski definition) is 1. The molecule has 0 bridgehead atoms. The maximum Gasteiger partial charge on any atom is 0.151 e. The van der Waals surface area contributed by atoms with Gasteiger partial charge in [0.05, 0.1) is 32.0 Å². The number of anilines is 1. The van der Waals surface area contributed by atoms with Crippen LogP contribution in [0.4, 0.5) is 10.2 Å². The van der Waals surface area contributed by atoms with E-state index in [1.54, 1.807) is 20.1 Å². The molecule has 1 aromatic carbocycles. The van der Waals surface area contributed by atoms with Crippen LogP contribution in [-0.2, 0) is 33.7 Å². The van der Waals surface area contributed by atoms with Crippen LogP contribution in [0.3, 0.4) is 0 Å². The lowest BCUT2D eigenvalue weighted by atomic mass is 9.96. The van der Waals surface area contributed by atoms with Crippen LogP contribution in [0.2, 0.25) is 0 Å². The number of unbranched alkanes of at least 4 members (excludes halogenated alkanes) is 1. The molecule has 1 fully saturated rings. The molecule has 4 rings (SSSR count). The number of aryl methyl sites for hydroxylation is 1. The van der Waals surface area contributed by atoms with Gasteiger partial charge in [0.2, 0.25) is 0 Å². The maximum atomic E-state index is 14.2. The number of pyridine rings is 1. The van der Waals surface area contributed by atoms with Gasteiger partial charge in [0.25, 0.3) is 0 Å². The van der Waals surface area contributed by atoms with E-state index in [1.807, 2.05) is 13.8 Å². The molecule has 1 saturated heterocycles. The normalized spacial score (nSPS) is 18.3. The fourth-order valence-electron chi connectivity index (χ4n) is 5.43. The summed E-state index contributed by atoms with van der Waals surface area (Å²) in [6, 6.07) is 6.22. The van der Waals surface area contributed by atoms with Crippen LogP contribution in [0, 0.1) is 5.82 Å². The van der Waals surface area contributed by atoms with E-state index in [9.17, 15) is 9.18 Å². The van der Waals surface area contributed by atoms with Gasteiger partial charge in [-0.15, -0.1) is 0 Å². The Labute approximate surface area is 226 Å². The number of likely N-dealkylation sites (tertiary alicyclic amines) is 1. The van der Waals surface area contributed by atoms with Crippen molar-refractivity contribution in [2.75, 3.05) is 38.7 Å². The van der Waals surface area contributed by atoms with E-state index in [2.05, 4.69) is 16.3 Å². The number of halogens is 1. The van der Waals surface area contributed by atoms with Crippen LogP contribution in [0.1, 0.15) is 74.9 Å². The van der Waals surface area contributed by atoms with Crippen LogP contribution in [-0.4, -0.2) is 61.2 Å². The summed E-state index contributed by atoms with van der Waals surface area (Å²) in [6.45, 7) is 8.87. The van der Waals surface area contributed by atoms with Gasteiger partial charge in [-0.3, -0.25) is 9.69 Å². The number of hydrogen-bond acceptors (Lipinski definition) is 7. The van der Waals surface area contributed by atoms with Gasteiger partial charge in [0.15, 0.2) is 5.78 Å². The molecule has 0 radical (unpaired) electrons. The predicted octanol–water partition coefficient (Wildman–Crippen LogP) is 5.26. The highest BCUT2D eigenvalue weighted by molar-refractivity contribution is 5.83. The van der Waals surface area contributed by atoms with Crippen molar-refractivity contribution < 1.29 is 23.4 Å². The molecule has 2 aliphatic heterocycles. The van der Waals surface area contributed by atoms with Gasteiger partial charge in [-0.05, 0) is 82.6 Å². The summed E-state index contributed by atoms with van der Waals surface area (Å²) in [5.74, 6) is 1.56. The number of Topliss-reactive ketones (excluding diaryl/α,β-unsaturated/α-hetero) is 1. The number of nitrogens with zero attached hydrogens (tertiary/aromatic N) is 2. The lowest BCUT2D eigenvalue weighted by Crippen LogP contribution is -2.33. The molecule has 1 N–H and O–H groups in total. The molecule has 3 heterocycles. The summed E-state index contributed by atoms with van der Waals surface area (Å²) in [6.07, 6.45) is 5.85. The first-order valence-electron chi connectivity index (χ1n) is 13.9. The molecule has 38 heavy (non-hydrogen) atoms. The number of ether oxygens (including phenoxy) is 3. The summed E-state index contributed by atoms with van der Waals surface area (Å²) >= 11 is 0. The molecule has 1 aromatic heterocycles. The number of carbonyl (C=O) groups is 1. The highest BCUT2D eigenvalue weighted by Crippen LogP contribution is 2.32. The summed E-state index contributed by atoms with van der Waals surface area (Å²) in [4.78, 5) is 19.7. The van der Waals surface area contributed by atoms with Gasteiger partial charge < -0.3 is 19.5 Å². The first-order valence-corrected chi connectivity index (χ1v) is 13.9. The number of carbonyl (C=O) groups excluding carboxylic acids is 1. The quantitative estimate of drug-likeness (QED) is 0.357. The third kappa shape index (κ3) is 7.30. The molecule has 0 saturated carbocycles. The minimum Gasteiger partial charge on any atom is -0.496 e. The standard InChI is InChI=1S/C30H42FN3O4/c1-20(2)38-19-22-10-11-23(31)16-27(22)29(21(3)35)34-14-12-25(18-34)37-15-6-5-8-24-17-28(36-4)26-9-7-13-32-30(26)33-24/h10-11,16-17,20,25,29H,5-9,12-15,18-19H2,1-4H3,(H,32,33)/t25-,29?/m1/s1. The van der Waals surface area contributed by atoms with E-state index < -0.39 is 6.04 Å². The van der Waals surface area contributed by atoms with Crippen molar-refractivity contribution in [3.8, 4) is 5.75 Å². The Morgan fingerprint density at radius 1 is 1.26 bits per heavy atom. The second-order valence-corrected chi connectivity index (χ2v) is 10.6. The highest BCUT2D eigenvalue weighted by Gasteiger charge is 2.33. The molecular weight excluding hydrogens is 485 g/mol. The smallest absolute Gasteiger partial charge is 0.151 e. The van der Waals surface area contributed by atoms with E-state index >= 15 is 0 Å². The lowest BCUT2D eigenvalue weighted by molar-refractivity contribution is -0.122. The summed E-state index contributed by atoms with van der Waals surface area (Å²) in [5.41, 5.74) is 3.77. The maximum absolute atomic E-state index is 14.2. The first kappa shape index (κ1) is 28.5. The van der Waals surface area contributed by atoms with Crippen molar-refractivity contribution in [3.63, 3.8) is 0 Å². The second-order valence-electron chi connectivity index (χ2n) is 10.6. The fraction of sp³-hybridized carbons (Fsp3) is 0.600. The van der Waals surface area contributed by atoms with Crippen molar-refractivity contribution in [1.29, 1.82) is 0 Å². The zero-order chi connectivity index (χ0) is 27.1. The average molecular weight is 528 g/mol. The highest BCUT2D eigenvalue weighted by atomic mass is 19.1. The Kier molecular flexibility index (Phi) is 10.1. The van der Waals surface area contributed by atoms with Crippen LogP contribution < -0.4 is 10.1 Å². The Bertz CT molecular complexity index is 1080.